The van der Waals surface area contributed by atoms with Gasteiger partial charge < -0.3 is 9.73 Å². The highest BCUT2D eigenvalue weighted by Gasteiger charge is 2.25. The van der Waals surface area contributed by atoms with Gasteiger partial charge in [-0.1, -0.05) is 18.2 Å². The van der Waals surface area contributed by atoms with Crippen LogP contribution in [0.2, 0.25) is 0 Å². The maximum atomic E-state index is 12.2. The highest BCUT2D eigenvalue weighted by Crippen LogP contribution is 2.38. The smallest absolute Gasteiger partial charge is 0.287 e. The lowest BCUT2D eigenvalue weighted by Gasteiger charge is -2.07. The van der Waals surface area contributed by atoms with Crippen molar-refractivity contribution < 1.29 is 9.21 Å². The lowest BCUT2D eigenvalue weighted by Crippen LogP contribution is -2.32. The van der Waals surface area contributed by atoms with Crippen molar-refractivity contribution in [2.75, 3.05) is 6.54 Å². The molecule has 1 amide bonds. The summed E-state index contributed by atoms with van der Waals surface area (Å²) in [6.45, 7) is 0.655. The van der Waals surface area contributed by atoms with E-state index in [1.54, 1.807) is 18.2 Å². The molecular weight excluding hydrogens is 306 g/mol. The quantitative estimate of drug-likeness (QED) is 0.781. The van der Waals surface area contributed by atoms with Gasteiger partial charge in [0.2, 0.25) is 0 Å². The fraction of sp³-hybridized carbons (Fsp3) is 0.278. The SMILES string of the molecule is O=C(NCCn1nc(C2CC2)ccc1=O)c1cc2ccccc2o1. The summed E-state index contributed by atoms with van der Waals surface area (Å²) in [6, 6.07) is 12.5. The van der Waals surface area contributed by atoms with Crippen molar-refractivity contribution in [3.63, 3.8) is 0 Å². The maximum Gasteiger partial charge on any atom is 0.287 e. The van der Waals surface area contributed by atoms with Crippen LogP contribution in [0.25, 0.3) is 11.0 Å². The summed E-state index contributed by atoms with van der Waals surface area (Å²) in [4.78, 5) is 24.0. The van der Waals surface area contributed by atoms with Crippen LogP contribution in [-0.2, 0) is 6.54 Å². The number of benzene rings is 1. The van der Waals surface area contributed by atoms with Crippen LogP contribution in [0.15, 0.2) is 51.7 Å². The van der Waals surface area contributed by atoms with Gasteiger partial charge in [-0.05, 0) is 31.0 Å². The third-order valence-corrected chi connectivity index (χ3v) is 4.14. The van der Waals surface area contributed by atoms with Crippen LogP contribution >= 0.6 is 0 Å². The second-order valence-electron chi connectivity index (χ2n) is 6.00. The number of nitrogens with zero attached hydrogens (tertiary/aromatic N) is 2. The van der Waals surface area contributed by atoms with E-state index in [0.29, 0.717) is 24.6 Å². The zero-order valence-corrected chi connectivity index (χ0v) is 13.1. The number of fused-ring (bicyclic) bond motifs is 1. The van der Waals surface area contributed by atoms with Gasteiger partial charge in [0.15, 0.2) is 5.76 Å². The Hall–Kier alpha value is -2.89. The van der Waals surface area contributed by atoms with Gasteiger partial charge in [0.05, 0.1) is 12.2 Å². The third-order valence-electron chi connectivity index (χ3n) is 4.14. The van der Waals surface area contributed by atoms with Crippen LogP contribution < -0.4 is 10.9 Å². The number of aromatic nitrogens is 2. The molecular formula is C18H17N3O3. The van der Waals surface area contributed by atoms with Gasteiger partial charge >= 0.3 is 0 Å². The molecule has 0 spiro atoms. The second kappa shape index (κ2) is 5.96. The number of rotatable bonds is 5. The molecule has 0 radical (unpaired) electrons. The van der Waals surface area contributed by atoms with Gasteiger partial charge in [0.1, 0.15) is 5.58 Å². The fourth-order valence-electron chi connectivity index (χ4n) is 2.68. The van der Waals surface area contributed by atoms with E-state index in [4.69, 9.17) is 4.42 Å². The van der Waals surface area contributed by atoms with Crippen LogP contribution in [0, 0.1) is 0 Å². The van der Waals surface area contributed by atoms with Gasteiger partial charge in [-0.25, -0.2) is 4.68 Å². The summed E-state index contributed by atoms with van der Waals surface area (Å²) in [5.74, 6) is 0.461. The molecule has 0 aliphatic heterocycles. The van der Waals surface area contributed by atoms with Gasteiger partial charge in [0, 0.05) is 23.9 Å². The molecule has 0 unspecified atom stereocenters. The minimum atomic E-state index is -0.294. The summed E-state index contributed by atoms with van der Waals surface area (Å²) in [6.07, 6.45) is 2.27. The summed E-state index contributed by atoms with van der Waals surface area (Å²) < 4.78 is 6.93. The first kappa shape index (κ1) is 14.7. The molecule has 6 nitrogen and oxygen atoms in total. The molecule has 24 heavy (non-hydrogen) atoms. The normalized spacial score (nSPS) is 14.0. The maximum absolute atomic E-state index is 12.2. The number of furan rings is 1. The molecule has 1 fully saturated rings. The van der Waals surface area contributed by atoms with E-state index in [2.05, 4.69) is 10.4 Å². The number of carbonyl (C=O) groups is 1. The minimum absolute atomic E-state index is 0.155. The lowest BCUT2D eigenvalue weighted by atomic mass is 10.2. The molecule has 2 aromatic heterocycles. The third kappa shape index (κ3) is 2.95. The van der Waals surface area contributed by atoms with Crippen molar-refractivity contribution in [2.24, 2.45) is 0 Å². The number of amides is 1. The first-order valence-corrected chi connectivity index (χ1v) is 8.05. The van der Waals surface area contributed by atoms with Crippen molar-refractivity contribution in [1.29, 1.82) is 0 Å². The largest absolute Gasteiger partial charge is 0.451 e. The summed E-state index contributed by atoms with van der Waals surface area (Å²) >= 11 is 0. The van der Waals surface area contributed by atoms with Crippen molar-refractivity contribution in [3.8, 4) is 0 Å². The van der Waals surface area contributed by atoms with Crippen molar-refractivity contribution >= 4 is 16.9 Å². The Morgan fingerprint density at radius 2 is 2.08 bits per heavy atom. The van der Waals surface area contributed by atoms with E-state index in [9.17, 15) is 9.59 Å². The summed E-state index contributed by atoms with van der Waals surface area (Å²) in [5.41, 5.74) is 1.48. The Bertz CT molecular complexity index is 920. The Balaban J connectivity index is 1.40. The predicted octanol–water partition coefficient (Wildman–Crippen LogP) is 2.30. The molecule has 1 aliphatic carbocycles. The summed E-state index contributed by atoms with van der Waals surface area (Å²) in [7, 11) is 0. The zero-order chi connectivity index (χ0) is 16.5. The molecule has 1 aromatic carbocycles. The van der Waals surface area contributed by atoms with E-state index in [0.717, 1.165) is 23.9 Å². The average Bonchev–Trinajstić information content (AvgIpc) is 3.34. The molecule has 1 N–H and O–H groups in total. The molecule has 4 rings (SSSR count). The Morgan fingerprint density at radius 3 is 2.88 bits per heavy atom. The Morgan fingerprint density at radius 1 is 1.25 bits per heavy atom. The molecule has 3 aromatic rings. The van der Waals surface area contributed by atoms with E-state index < -0.39 is 0 Å². The number of para-hydroxylation sites is 1. The first-order valence-electron chi connectivity index (χ1n) is 8.05. The van der Waals surface area contributed by atoms with Crippen LogP contribution in [0.4, 0.5) is 0 Å². The standard InChI is InChI=1S/C18H17N3O3/c22-17-8-7-14(12-5-6-12)20-21(17)10-9-19-18(23)16-11-13-3-1-2-4-15(13)24-16/h1-4,7-8,11-12H,5-6,9-10H2,(H,19,23). The summed E-state index contributed by atoms with van der Waals surface area (Å²) in [5, 5.41) is 8.02. The van der Waals surface area contributed by atoms with E-state index in [1.807, 2.05) is 24.3 Å². The molecule has 6 heteroatoms. The highest BCUT2D eigenvalue weighted by molar-refractivity contribution is 5.95. The minimum Gasteiger partial charge on any atom is -0.451 e. The van der Waals surface area contributed by atoms with Crippen LogP contribution in [-0.4, -0.2) is 22.2 Å². The van der Waals surface area contributed by atoms with Gasteiger partial charge in [-0.2, -0.15) is 5.10 Å². The van der Waals surface area contributed by atoms with Gasteiger partial charge in [-0.3, -0.25) is 9.59 Å². The number of nitrogens with one attached hydrogen (secondary N) is 1. The van der Waals surface area contributed by atoms with Crippen molar-refractivity contribution in [3.05, 3.63) is 64.3 Å². The van der Waals surface area contributed by atoms with E-state index >= 15 is 0 Å². The van der Waals surface area contributed by atoms with Gasteiger partial charge in [-0.15, -0.1) is 0 Å². The number of carbonyl (C=O) groups excluding carboxylic acids is 1. The molecule has 0 bridgehead atoms. The predicted molar refractivity (Wildman–Crippen MR) is 89.0 cm³/mol. The van der Waals surface area contributed by atoms with E-state index in [-0.39, 0.29) is 17.2 Å². The topological polar surface area (TPSA) is 77.1 Å². The van der Waals surface area contributed by atoms with Crippen LogP contribution in [0.1, 0.15) is 35.0 Å². The molecule has 2 heterocycles. The molecule has 1 aliphatic rings. The van der Waals surface area contributed by atoms with Gasteiger partial charge in [0.25, 0.3) is 11.5 Å². The lowest BCUT2D eigenvalue weighted by molar-refractivity contribution is 0.0926. The number of hydrogen-bond donors (Lipinski definition) is 1. The molecule has 1 saturated carbocycles. The monoisotopic (exact) mass is 323 g/mol. The fourth-order valence-corrected chi connectivity index (χ4v) is 2.68. The average molecular weight is 323 g/mol. The van der Waals surface area contributed by atoms with Crippen molar-refractivity contribution in [2.45, 2.75) is 25.3 Å². The number of hydrogen-bond acceptors (Lipinski definition) is 4. The Labute approximate surface area is 138 Å². The molecule has 0 saturated heterocycles. The second-order valence-corrected chi connectivity index (χ2v) is 6.00. The van der Waals surface area contributed by atoms with Crippen LogP contribution in [0.3, 0.4) is 0 Å². The molecule has 0 atom stereocenters. The Kier molecular flexibility index (Phi) is 3.65. The zero-order valence-electron chi connectivity index (χ0n) is 13.1. The highest BCUT2D eigenvalue weighted by atomic mass is 16.3. The molecule has 122 valence electrons. The van der Waals surface area contributed by atoms with Crippen molar-refractivity contribution in [1.82, 2.24) is 15.1 Å². The van der Waals surface area contributed by atoms with E-state index in [1.165, 1.54) is 4.68 Å². The van der Waals surface area contributed by atoms with Crippen LogP contribution in [0.5, 0.6) is 0 Å². The first-order chi connectivity index (χ1) is 11.7.